The molecule has 2 bridgehead atoms. The number of hydrogen-bond donors (Lipinski definition) is 1. The quantitative estimate of drug-likeness (QED) is 0.478. The number of ether oxygens (including phenoxy) is 2. The van der Waals surface area contributed by atoms with Crippen molar-refractivity contribution in [3.63, 3.8) is 0 Å². The lowest BCUT2D eigenvalue weighted by Crippen LogP contribution is -2.75. The van der Waals surface area contributed by atoms with Crippen LogP contribution in [0.15, 0.2) is 42.5 Å². The number of rotatable bonds is 10. The predicted octanol–water partition coefficient (Wildman–Crippen LogP) is 5.84. The van der Waals surface area contributed by atoms with Crippen LogP contribution in [0.5, 0.6) is 11.5 Å². The van der Waals surface area contributed by atoms with Crippen molar-refractivity contribution in [2.45, 2.75) is 50.7 Å². The molecule has 0 radical (unpaired) electrons. The van der Waals surface area contributed by atoms with Crippen LogP contribution < -0.4 is 14.8 Å². The lowest BCUT2D eigenvalue weighted by Gasteiger charge is -2.71. The van der Waals surface area contributed by atoms with E-state index in [-0.39, 0.29) is 34.0 Å². The highest BCUT2D eigenvalue weighted by Gasteiger charge is 2.67. The normalized spacial score (nSPS) is 24.2. The molecule has 0 spiro atoms. The number of nitrogens with one attached hydrogen (secondary N) is 1. The molecule has 3 saturated carbocycles. The highest BCUT2D eigenvalue weighted by molar-refractivity contribution is 6.30. The number of carbonyl (C=O) groups excluding carboxylic acids is 1. The molecule has 5 rings (SSSR count). The van der Waals surface area contributed by atoms with Crippen LogP contribution in [-0.2, 0) is 4.79 Å². The van der Waals surface area contributed by atoms with Crippen molar-refractivity contribution in [1.29, 1.82) is 0 Å². The maximum absolute atomic E-state index is 13.5. The van der Waals surface area contributed by atoms with Crippen molar-refractivity contribution in [3.05, 3.63) is 58.3 Å². The molecule has 2 aromatic carbocycles. The molecule has 2 aromatic rings. The molecule has 0 saturated heterocycles. The van der Waals surface area contributed by atoms with Crippen molar-refractivity contribution >= 4 is 29.0 Å². The molecular weight excluding hydrogens is 440 g/mol. The van der Waals surface area contributed by atoms with E-state index in [2.05, 4.69) is 19.2 Å². The first kappa shape index (κ1) is 22.4. The number of halogens is 3. The Balaban J connectivity index is 1.19. The average molecular weight is 466 g/mol. The van der Waals surface area contributed by atoms with Crippen molar-refractivity contribution in [2.75, 3.05) is 13.2 Å². The van der Waals surface area contributed by atoms with Crippen LogP contribution in [0, 0.1) is 11.2 Å². The summed E-state index contributed by atoms with van der Waals surface area (Å²) in [5, 5.41) is 4.37. The van der Waals surface area contributed by atoms with Gasteiger partial charge in [-0.15, -0.1) is 0 Å². The molecule has 7 heteroatoms. The minimum absolute atomic E-state index is 0.0343. The van der Waals surface area contributed by atoms with Gasteiger partial charge in [-0.2, -0.15) is 0 Å². The van der Waals surface area contributed by atoms with Crippen LogP contribution in [0.1, 0.15) is 39.5 Å². The molecule has 0 heterocycles. The summed E-state index contributed by atoms with van der Waals surface area (Å²) in [4.78, 5) is 12.4. The Labute approximate surface area is 192 Å². The number of carbonyl (C=O) groups is 1. The Kier molecular flexibility index (Phi) is 5.97. The molecule has 0 unspecified atom stereocenters. The van der Waals surface area contributed by atoms with Gasteiger partial charge in [-0.25, -0.2) is 4.39 Å². The highest BCUT2D eigenvalue weighted by Crippen LogP contribution is 2.69. The first-order valence-corrected chi connectivity index (χ1v) is 11.1. The Hall–Kier alpha value is -1.82. The van der Waals surface area contributed by atoms with E-state index in [0.29, 0.717) is 23.7 Å². The molecule has 3 aliphatic carbocycles. The van der Waals surface area contributed by atoms with Crippen molar-refractivity contribution in [2.24, 2.45) is 5.41 Å². The topological polar surface area (TPSA) is 47.6 Å². The largest absolute Gasteiger partial charge is 0.487 e. The minimum Gasteiger partial charge on any atom is -0.487 e. The van der Waals surface area contributed by atoms with Gasteiger partial charge in [-0.05, 0) is 74.9 Å². The summed E-state index contributed by atoms with van der Waals surface area (Å²) < 4.78 is 25.0. The van der Waals surface area contributed by atoms with Crippen molar-refractivity contribution < 1.29 is 18.7 Å². The van der Waals surface area contributed by atoms with Crippen LogP contribution >= 0.6 is 23.2 Å². The van der Waals surface area contributed by atoms with Gasteiger partial charge < -0.3 is 14.8 Å². The van der Waals surface area contributed by atoms with Crippen LogP contribution in [0.4, 0.5) is 4.39 Å². The van der Waals surface area contributed by atoms with Crippen LogP contribution in [0.25, 0.3) is 0 Å². The average Bonchev–Trinajstić information content (AvgIpc) is 2.65. The first-order chi connectivity index (χ1) is 14.6. The molecule has 0 amide bonds. The molecule has 31 heavy (non-hydrogen) atoms. The molecule has 1 N–H and O–H groups in total. The Morgan fingerprint density at radius 3 is 2.39 bits per heavy atom. The fourth-order valence-electron chi connectivity index (χ4n) is 4.83. The monoisotopic (exact) mass is 465 g/mol. The van der Waals surface area contributed by atoms with E-state index in [0.717, 1.165) is 25.0 Å². The molecule has 0 aromatic heterocycles. The van der Waals surface area contributed by atoms with Gasteiger partial charge in [-0.1, -0.05) is 23.2 Å². The summed E-state index contributed by atoms with van der Waals surface area (Å²) in [6.07, 6.45) is 3.45. The zero-order valence-corrected chi connectivity index (χ0v) is 19.2. The summed E-state index contributed by atoms with van der Waals surface area (Å²) in [7, 11) is 0. The van der Waals surface area contributed by atoms with Gasteiger partial charge in [-0.3, -0.25) is 4.79 Å². The Bertz CT molecular complexity index is 958. The summed E-state index contributed by atoms with van der Waals surface area (Å²) >= 11 is 11.6. The Morgan fingerprint density at radius 2 is 1.74 bits per heavy atom. The lowest BCUT2D eigenvalue weighted by atomic mass is 9.38. The fraction of sp³-hybridized carbons (Fsp3) is 0.458. The fourth-order valence-corrected chi connectivity index (χ4v) is 5.07. The summed E-state index contributed by atoms with van der Waals surface area (Å²) in [5.74, 6) is 0.586. The van der Waals surface area contributed by atoms with E-state index in [1.807, 2.05) is 24.3 Å². The zero-order chi connectivity index (χ0) is 22.3. The number of Topliss-reactive ketones (excluding diaryl/α,β-unsaturated/α-hetero) is 1. The molecule has 0 atom stereocenters. The van der Waals surface area contributed by atoms with Gasteiger partial charge in [0.2, 0.25) is 0 Å². The third kappa shape index (κ3) is 5.16. The number of benzene rings is 2. The standard InChI is InChI=1S/C24H26Cl2FNO3/c1-22(2,31-18-5-3-16(25)4-6-18)15-28-24-12-23(13-24,14-24)10-17(29)11-30-19-7-8-20(26)21(27)9-19/h3-9,28H,10-15H2,1-2H3. The summed E-state index contributed by atoms with van der Waals surface area (Å²) in [5.41, 5.74) is -0.172. The third-order valence-electron chi connectivity index (χ3n) is 6.10. The third-order valence-corrected chi connectivity index (χ3v) is 6.66. The van der Waals surface area contributed by atoms with Gasteiger partial charge in [0.15, 0.2) is 5.78 Å². The second-order valence-corrected chi connectivity index (χ2v) is 10.4. The smallest absolute Gasteiger partial charge is 0.170 e. The van der Waals surface area contributed by atoms with Gasteiger partial charge in [0, 0.05) is 29.6 Å². The van der Waals surface area contributed by atoms with Crippen molar-refractivity contribution in [3.8, 4) is 11.5 Å². The Morgan fingerprint density at radius 1 is 1.10 bits per heavy atom. The maximum atomic E-state index is 13.5. The minimum atomic E-state index is -0.554. The SMILES string of the molecule is CC(C)(CNC12CC(CC(=O)COc3ccc(Cl)c(F)c3)(C1)C2)Oc1ccc(Cl)cc1. The summed E-state index contributed by atoms with van der Waals surface area (Å²) in [6.45, 7) is 4.77. The second-order valence-electron chi connectivity index (χ2n) is 9.56. The van der Waals surface area contributed by atoms with Crippen LogP contribution in [0.3, 0.4) is 0 Å². The van der Waals surface area contributed by atoms with Crippen LogP contribution in [-0.4, -0.2) is 30.1 Å². The first-order valence-electron chi connectivity index (χ1n) is 10.4. The molecule has 3 fully saturated rings. The van der Waals surface area contributed by atoms with Gasteiger partial charge in [0.1, 0.15) is 29.5 Å². The van der Waals surface area contributed by atoms with E-state index >= 15 is 0 Å². The van der Waals surface area contributed by atoms with E-state index in [9.17, 15) is 9.18 Å². The molecule has 0 aliphatic heterocycles. The van der Waals surface area contributed by atoms with E-state index in [1.54, 1.807) is 6.07 Å². The van der Waals surface area contributed by atoms with Crippen molar-refractivity contribution in [1.82, 2.24) is 5.32 Å². The number of ketones is 1. The van der Waals surface area contributed by atoms with E-state index < -0.39 is 5.82 Å². The number of hydrogen-bond acceptors (Lipinski definition) is 4. The van der Waals surface area contributed by atoms with Gasteiger partial charge in [0.25, 0.3) is 0 Å². The summed E-state index contributed by atoms with van der Waals surface area (Å²) in [6, 6.07) is 11.5. The van der Waals surface area contributed by atoms with E-state index in [4.69, 9.17) is 32.7 Å². The maximum Gasteiger partial charge on any atom is 0.170 e. The van der Waals surface area contributed by atoms with Gasteiger partial charge in [0.05, 0.1) is 5.02 Å². The second kappa shape index (κ2) is 8.27. The molecule has 3 aliphatic rings. The zero-order valence-electron chi connectivity index (χ0n) is 17.6. The molecular formula is C24H26Cl2FNO3. The molecule has 4 nitrogen and oxygen atoms in total. The lowest BCUT2D eigenvalue weighted by molar-refractivity contribution is -0.170. The molecule has 166 valence electrons. The highest BCUT2D eigenvalue weighted by atomic mass is 35.5. The predicted molar refractivity (Wildman–Crippen MR) is 120 cm³/mol. The van der Waals surface area contributed by atoms with E-state index in [1.165, 1.54) is 12.1 Å². The van der Waals surface area contributed by atoms with Gasteiger partial charge >= 0.3 is 0 Å². The van der Waals surface area contributed by atoms with Crippen LogP contribution in [0.2, 0.25) is 10.0 Å².